The number of thiophene rings is 1. The lowest BCUT2D eigenvalue weighted by molar-refractivity contribution is -0.00000272. The molecule has 0 fully saturated rings. The zero-order valence-electron chi connectivity index (χ0n) is 8.43. The van der Waals surface area contributed by atoms with E-state index in [1.54, 1.807) is 0 Å². The summed E-state index contributed by atoms with van der Waals surface area (Å²) >= 11 is 1.84. The Morgan fingerprint density at radius 2 is 2.15 bits per heavy atom. The summed E-state index contributed by atoms with van der Waals surface area (Å²) in [6.45, 7) is 8.77. The second-order valence-corrected chi connectivity index (χ2v) is 4.55. The van der Waals surface area contributed by atoms with Gasteiger partial charge in [-0.15, -0.1) is 11.3 Å². The Morgan fingerprint density at radius 3 is 2.62 bits per heavy atom. The lowest BCUT2D eigenvalue weighted by Crippen LogP contribution is -3.00. The summed E-state index contributed by atoms with van der Waals surface area (Å²) in [7, 11) is 0. The average Bonchev–Trinajstić information content (AvgIpc) is 2.36. The third-order valence-corrected chi connectivity index (χ3v) is 2.83. The highest BCUT2D eigenvalue weighted by molar-refractivity contribution is 7.10. The molecule has 0 bridgehead atoms. The summed E-state index contributed by atoms with van der Waals surface area (Å²) in [6.07, 6.45) is 0. The predicted molar refractivity (Wildman–Crippen MR) is 55.6 cm³/mol. The van der Waals surface area contributed by atoms with E-state index >= 15 is 0 Å². The van der Waals surface area contributed by atoms with Crippen molar-refractivity contribution in [3.8, 4) is 0 Å². The van der Waals surface area contributed by atoms with Crippen LogP contribution in [-0.4, -0.2) is 6.54 Å². The van der Waals surface area contributed by atoms with Crippen LogP contribution in [0.4, 0.5) is 0 Å². The van der Waals surface area contributed by atoms with E-state index in [1.807, 2.05) is 11.3 Å². The fourth-order valence-electron chi connectivity index (χ4n) is 1.06. The smallest absolute Gasteiger partial charge is 0.0302 e. The zero-order valence-corrected chi connectivity index (χ0v) is 10.0. The van der Waals surface area contributed by atoms with E-state index in [4.69, 9.17) is 0 Å². The molecule has 0 spiro atoms. The Bertz CT molecular complexity index is 233. The van der Waals surface area contributed by atoms with Crippen LogP contribution in [0, 0.1) is 12.8 Å². The second kappa shape index (κ2) is 6.41. The molecule has 1 nitrogen and oxygen atoms in total. The van der Waals surface area contributed by atoms with Crippen LogP contribution in [0.25, 0.3) is 0 Å². The van der Waals surface area contributed by atoms with E-state index in [1.165, 1.54) is 10.4 Å². The Hall–Kier alpha value is -0.0500. The fraction of sp³-hybridized carbons (Fsp3) is 0.600. The van der Waals surface area contributed by atoms with Crippen LogP contribution in [0.15, 0.2) is 11.4 Å². The fourth-order valence-corrected chi connectivity index (χ4v) is 1.94. The molecule has 1 aromatic heterocycles. The van der Waals surface area contributed by atoms with Crippen LogP contribution in [0.1, 0.15) is 24.3 Å². The van der Waals surface area contributed by atoms with Gasteiger partial charge in [0.05, 0.1) is 0 Å². The molecule has 0 unspecified atom stereocenters. The average molecular weight is 219 g/mol. The van der Waals surface area contributed by atoms with E-state index in [9.17, 15) is 0 Å². The van der Waals surface area contributed by atoms with Gasteiger partial charge in [-0.05, 0) is 36.4 Å². The first-order valence-corrected chi connectivity index (χ1v) is 5.32. The number of aryl methyl sites for hydroxylation is 1. The molecular formula is C10H17ClNS-. The molecule has 0 amide bonds. The molecule has 1 heterocycles. The van der Waals surface area contributed by atoms with Gasteiger partial charge in [-0.25, -0.2) is 0 Å². The van der Waals surface area contributed by atoms with Crippen LogP contribution in [-0.2, 0) is 6.54 Å². The van der Waals surface area contributed by atoms with Gasteiger partial charge < -0.3 is 17.7 Å². The molecule has 0 saturated heterocycles. The van der Waals surface area contributed by atoms with Crippen molar-refractivity contribution in [2.75, 3.05) is 6.54 Å². The van der Waals surface area contributed by atoms with Gasteiger partial charge in [0.1, 0.15) is 0 Å². The van der Waals surface area contributed by atoms with Crippen molar-refractivity contribution >= 4 is 11.3 Å². The van der Waals surface area contributed by atoms with Gasteiger partial charge in [0.15, 0.2) is 0 Å². The van der Waals surface area contributed by atoms with Crippen molar-refractivity contribution in [2.24, 2.45) is 5.92 Å². The van der Waals surface area contributed by atoms with Crippen molar-refractivity contribution in [1.82, 2.24) is 5.32 Å². The molecule has 0 aliphatic heterocycles. The molecule has 13 heavy (non-hydrogen) atoms. The molecule has 0 aliphatic rings. The maximum absolute atomic E-state index is 3.44. The third kappa shape index (κ3) is 4.65. The normalized spacial score (nSPS) is 10.2. The summed E-state index contributed by atoms with van der Waals surface area (Å²) in [6, 6.07) is 2.18. The quantitative estimate of drug-likeness (QED) is 0.739. The molecule has 0 atom stereocenters. The summed E-state index contributed by atoms with van der Waals surface area (Å²) in [5.74, 6) is 0.741. The zero-order chi connectivity index (χ0) is 8.97. The Labute approximate surface area is 91.0 Å². The minimum Gasteiger partial charge on any atom is -1.00 e. The van der Waals surface area contributed by atoms with Gasteiger partial charge in [-0.1, -0.05) is 13.8 Å². The molecule has 0 radical (unpaired) electrons. The highest BCUT2D eigenvalue weighted by atomic mass is 35.5. The molecule has 1 rings (SSSR count). The largest absolute Gasteiger partial charge is 1.00 e. The predicted octanol–water partition coefficient (Wildman–Crippen LogP) is -0.194. The van der Waals surface area contributed by atoms with Crippen molar-refractivity contribution in [3.63, 3.8) is 0 Å². The number of halogens is 1. The Kier molecular flexibility index (Phi) is 6.39. The van der Waals surface area contributed by atoms with Crippen LogP contribution >= 0.6 is 11.3 Å². The molecule has 1 N–H and O–H groups in total. The van der Waals surface area contributed by atoms with Crippen LogP contribution < -0.4 is 17.7 Å². The van der Waals surface area contributed by atoms with Gasteiger partial charge in [-0.2, -0.15) is 0 Å². The van der Waals surface area contributed by atoms with Gasteiger partial charge in [0.25, 0.3) is 0 Å². The highest BCUT2D eigenvalue weighted by Crippen LogP contribution is 2.14. The van der Waals surface area contributed by atoms with Gasteiger partial charge >= 0.3 is 0 Å². The number of hydrogen-bond donors (Lipinski definition) is 1. The van der Waals surface area contributed by atoms with E-state index in [0.29, 0.717) is 0 Å². The molecule has 0 aromatic carbocycles. The van der Waals surface area contributed by atoms with Crippen molar-refractivity contribution in [1.29, 1.82) is 0 Å². The van der Waals surface area contributed by atoms with E-state index in [0.717, 1.165) is 19.0 Å². The molecule has 76 valence electrons. The molecule has 1 aromatic rings. The van der Waals surface area contributed by atoms with Gasteiger partial charge in [-0.3, -0.25) is 0 Å². The monoisotopic (exact) mass is 218 g/mol. The summed E-state index contributed by atoms with van der Waals surface area (Å²) in [5, 5.41) is 5.59. The summed E-state index contributed by atoms with van der Waals surface area (Å²) < 4.78 is 0. The lowest BCUT2D eigenvalue weighted by Gasteiger charge is -2.06. The highest BCUT2D eigenvalue weighted by Gasteiger charge is 1.99. The van der Waals surface area contributed by atoms with Crippen molar-refractivity contribution in [2.45, 2.75) is 27.3 Å². The maximum Gasteiger partial charge on any atom is 0.0302 e. The minimum absolute atomic E-state index is 0. The van der Waals surface area contributed by atoms with Gasteiger partial charge in [0, 0.05) is 11.4 Å². The number of nitrogens with one attached hydrogen (secondary N) is 1. The van der Waals surface area contributed by atoms with Gasteiger partial charge in [0.2, 0.25) is 0 Å². The second-order valence-electron chi connectivity index (χ2n) is 3.55. The van der Waals surface area contributed by atoms with Crippen LogP contribution in [0.3, 0.4) is 0 Å². The topological polar surface area (TPSA) is 12.0 Å². The Morgan fingerprint density at radius 1 is 1.46 bits per heavy atom. The summed E-state index contributed by atoms with van der Waals surface area (Å²) in [5.41, 5.74) is 1.41. The standard InChI is InChI=1S/C10H17NS.ClH/c1-8(2)6-11-7-10-9(3)4-5-12-10;/h4-5,8,11H,6-7H2,1-3H3;1H/p-1. The molecule has 0 aliphatic carbocycles. The lowest BCUT2D eigenvalue weighted by atomic mass is 10.2. The molecular weight excluding hydrogens is 202 g/mol. The maximum atomic E-state index is 3.44. The van der Waals surface area contributed by atoms with Crippen molar-refractivity contribution < 1.29 is 12.4 Å². The number of rotatable bonds is 4. The Balaban J connectivity index is 0.00000144. The van der Waals surface area contributed by atoms with Crippen LogP contribution in [0.5, 0.6) is 0 Å². The van der Waals surface area contributed by atoms with E-state index < -0.39 is 0 Å². The third-order valence-electron chi connectivity index (χ3n) is 1.81. The first-order chi connectivity index (χ1) is 5.70. The molecule has 3 heteroatoms. The number of hydrogen-bond acceptors (Lipinski definition) is 2. The minimum atomic E-state index is 0. The first kappa shape index (κ1) is 12.9. The van der Waals surface area contributed by atoms with Crippen molar-refractivity contribution in [3.05, 3.63) is 21.9 Å². The first-order valence-electron chi connectivity index (χ1n) is 4.44. The molecule has 0 saturated carbocycles. The summed E-state index contributed by atoms with van der Waals surface area (Å²) in [4.78, 5) is 1.47. The van der Waals surface area contributed by atoms with Crippen LogP contribution in [0.2, 0.25) is 0 Å². The van der Waals surface area contributed by atoms with E-state index in [2.05, 4.69) is 37.5 Å². The van der Waals surface area contributed by atoms with E-state index in [-0.39, 0.29) is 12.4 Å². The SMILES string of the molecule is Cc1ccsc1CNCC(C)C.[Cl-].